The fourth-order valence-corrected chi connectivity index (χ4v) is 1.36. The first-order valence-electron chi connectivity index (χ1n) is 5.07. The van der Waals surface area contributed by atoms with Gasteiger partial charge in [0.05, 0.1) is 12.6 Å². The number of hydrogen-bond donors (Lipinski definition) is 0. The van der Waals surface area contributed by atoms with Crippen LogP contribution in [0.2, 0.25) is 0 Å². The number of benzene rings is 1. The van der Waals surface area contributed by atoms with Crippen molar-refractivity contribution in [1.82, 2.24) is 9.71 Å². The second kappa shape index (κ2) is 5.11. The van der Waals surface area contributed by atoms with E-state index in [4.69, 9.17) is 4.84 Å². The van der Waals surface area contributed by atoms with Crippen LogP contribution < -0.4 is 4.84 Å². The monoisotopic (exact) mass is 216 g/mol. The molecule has 0 fully saturated rings. The minimum absolute atomic E-state index is 0.262. The van der Waals surface area contributed by atoms with E-state index in [9.17, 15) is 4.79 Å². The highest BCUT2D eigenvalue weighted by Crippen LogP contribution is 2.02. The Bertz CT molecular complexity index is 437. The molecule has 16 heavy (non-hydrogen) atoms. The van der Waals surface area contributed by atoms with E-state index in [1.54, 1.807) is 12.4 Å². The summed E-state index contributed by atoms with van der Waals surface area (Å²) in [4.78, 5) is 20.2. The number of carbonyl (C=O) groups is 1. The van der Waals surface area contributed by atoms with Gasteiger partial charge in [0.1, 0.15) is 6.33 Å². The molecule has 0 amide bonds. The van der Waals surface area contributed by atoms with Crippen LogP contribution in [0.5, 0.6) is 0 Å². The summed E-state index contributed by atoms with van der Waals surface area (Å²) < 4.78 is 1.30. The summed E-state index contributed by atoms with van der Waals surface area (Å²) in [5.74, 6) is -0.262. The Morgan fingerprint density at radius 2 is 2.12 bits per heavy atom. The average Bonchev–Trinajstić information content (AvgIpc) is 2.81. The molecule has 1 aromatic heterocycles. The van der Waals surface area contributed by atoms with Gasteiger partial charge in [-0.25, -0.2) is 9.78 Å². The number of imidazole rings is 1. The molecule has 2 rings (SSSR count). The maximum atomic E-state index is 11.4. The van der Waals surface area contributed by atoms with Gasteiger partial charge in [0.25, 0.3) is 0 Å². The largest absolute Gasteiger partial charge is 0.336 e. The van der Waals surface area contributed by atoms with E-state index >= 15 is 0 Å². The molecule has 82 valence electrons. The zero-order valence-corrected chi connectivity index (χ0v) is 8.74. The van der Waals surface area contributed by atoms with E-state index in [1.165, 1.54) is 11.1 Å². The number of nitrogens with zero attached hydrogens (tertiary/aromatic N) is 2. The first-order valence-corrected chi connectivity index (χ1v) is 5.07. The van der Waals surface area contributed by atoms with Crippen LogP contribution in [0, 0.1) is 0 Å². The van der Waals surface area contributed by atoms with Gasteiger partial charge in [-0.2, -0.15) is 4.73 Å². The van der Waals surface area contributed by atoms with Gasteiger partial charge in [-0.05, 0) is 12.0 Å². The molecule has 0 aliphatic heterocycles. The molecule has 0 aliphatic rings. The standard InChI is InChI=1S/C12H12N2O2/c15-12(16-14-9-8-13-10-14)7-6-11-4-2-1-3-5-11/h1-5,8-10H,6-7H2. The lowest BCUT2D eigenvalue weighted by Crippen LogP contribution is -2.18. The highest BCUT2D eigenvalue weighted by atomic mass is 16.7. The van der Waals surface area contributed by atoms with Gasteiger partial charge >= 0.3 is 5.97 Å². The smallest absolute Gasteiger partial charge is 0.333 e. The Balaban J connectivity index is 1.80. The molecule has 0 atom stereocenters. The number of rotatable bonds is 4. The van der Waals surface area contributed by atoms with E-state index in [0.29, 0.717) is 12.8 Å². The molecule has 1 aromatic carbocycles. The van der Waals surface area contributed by atoms with Gasteiger partial charge in [-0.15, -0.1) is 0 Å². The van der Waals surface area contributed by atoms with Crippen LogP contribution in [-0.4, -0.2) is 15.7 Å². The minimum Gasteiger partial charge on any atom is -0.336 e. The lowest BCUT2D eigenvalue weighted by molar-refractivity contribution is -0.144. The van der Waals surface area contributed by atoms with Crippen LogP contribution in [0.3, 0.4) is 0 Å². The predicted octanol–water partition coefficient (Wildman–Crippen LogP) is 1.47. The summed E-state index contributed by atoms with van der Waals surface area (Å²) in [6.07, 6.45) is 5.64. The molecule has 0 unspecified atom stereocenters. The van der Waals surface area contributed by atoms with Crippen LogP contribution in [0.25, 0.3) is 0 Å². The zero-order valence-electron chi connectivity index (χ0n) is 8.74. The number of aryl methyl sites for hydroxylation is 1. The van der Waals surface area contributed by atoms with Crippen molar-refractivity contribution in [1.29, 1.82) is 0 Å². The van der Waals surface area contributed by atoms with Crippen LogP contribution in [0.1, 0.15) is 12.0 Å². The second-order valence-electron chi connectivity index (χ2n) is 3.37. The maximum Gasteiger partial charge on any atom is 0.333 e. The SMILES string of the molecule is O=C(CCc1ccccc1)On1ccnc1. The van der Waals surface area contributed by atoms with Crippen LogP contribution in [0.15, 0.2) is 49.1 Å². The van der Waals surface area contributed by atoms with Gasteiger partial charge in [0, 0.05) is 6.20 Å². The molecule has 0 saturated heterocycles. The van der Waals surface area contributed by atoms with Gasteiger partial charge in [0.15, 0.2) is 0 Å². The Labute approximate surface area is 93.5 Å². The fraction of sp³-hybridized carbons (Fsp3) is 0.167. The first kappa shape index (κ1) is 10.4. The lowest BCUT2D eigenvalue weighted by atomic mass is 10.1. The topological polar surface area (TPSA) is 44.1 Å². The second-order valence-corrected chi connectivity index (χ2v) is 3.37. The Kier molecular flexibility index (Phi) is 3.33. The van der Waals surface area contributed by atoms with E-state index < -0.39 is 0 Å². The van der Waals surface area contributed by atoms with Crippen molar-refractivity contribution in [2.24, 2.45) is 0 Å². The molecule has 0 saturated carbocycles. The van der Waals surface area contributed by atoms with Crippen molar-refractivity contribution in [3.63, 3.8) is 0 Å². The third-order valence-corrected chi connectivity index (χ3v) is 2.15. The summed E-state index contributed by atoms with van der Waals surface area (Å²) in [6.45, 7) is 0. The van der Waals surface area contributed by atoms with E-state index in [1.807, 2.05) is 30.3 Å². The van der Waals surface area contributed by atoms with Crippen molar-refractivity contribution in [3.8, 4) is 0 Å². The molecule has 0 spiro atoms. The van der Waals surface area contributed by atoms with Gasteiger partial charge in [-0.3, -0.25) is 0 Å². The molecule has 0 aliphatic carbocycles. The minimum atomic E-state index is -0.262. The maximum absolute atomic E-state index is 11.4. The van der Waals surface area contributed by atoms with Gasteiger partial charge in [0.2, 0.25) is 0 Å². The number of hydrogen-bond acceptors (Lipinski definition) is 3. The lowest BCUT2D eigenvalue weighted by Gasteiger charge is -2.03. The highest BCUT2D eigenvalue weighted by molar-refractivity contribution is 5.69. The molecule has 0 bridgehead atoms. The van der Waals surface area contributed by atoms with Crippen LogP contribution >= 0.6 is 0 Å². The van der Waals surface area contributed by atoms with Crippen LogP contribution in [-0.2, 0) is 11.2 Å². The van der Waals surface area contributed by atoms with Crippen molar-refractivity contribution < 1.29 is 9.63 Å². The molecular formula is C12H12N2O2. The molecule has 0 N–H and O–H groups in total. The van der Waals surface area contributed by atoms with E-state index in [2.05, 4.69) is 4.98 Å². The molecule has 0 radical (unpaired) electrons. The highest BCUT2D eigenvalue weighted by Gasteiger charge is 2.04. The van der Waals surface area contributed by atoms with Crippen molar-refractivity contribution in [3.05, 3.63) is 54.6 Å². The normalized spacial score (nSPS) is 10.0. The fourth-order valence-electron chi connectivity index (χ4n) is 1.36. The molecule has 2 aromatic rings. The Morgan fingerprint density at radius 1 is 1.31 bits per heavy atom. The molecular weight excluding hydrogens is 204 g/mol. The summed E-state index contributed by atoms with van der Waals surface area (Å²) >= 11 is 0. The van der Waals surface area contributed by atoms with Crippen molar-refractivity contribution in [2.75, 3.05) is 0 Å². The van der Waals surface area contributed by atoms with Crippen molar-refractivity contribution in [2.45, 2.75) is 12.8 Å². The van der Waals surface area contributed by atoms with Gasteiger partial charge < -0.3 is 4.84 Å². The van der Waals surface area contributed by atoms with Gasteiger partial charge in [-0.1, -0.05) is 30.3 Å². The summed E-state index contributed by atoms with van der Waals surface area (Å²) in [6, 6.07) is 9.84. The summed E-state index contributed by atoms with van der Waals surface area (Å²) in [5, 5.41) is 0. The zero-order chi connectivity index (χ0) is 11.2. The average molecular weight is 216 g/mol. The number of aromatic nitrogens is 2. The Hall–Kier alpha value is -2.10. The molecule has 4 nitrogen and oxygen atoms in total. The quantitative estimate of drug-likeness (QED) is 0.777. The third kappa shape index (κ3) is 2.95. The van der Waals surface area contributed by atoms with E-state index in [0.717, 1.165) is 5.56 Å². The van der Waals surface area contributed by atoms with Crippen LogP contribution in [0.4, 0.5) is 0 Å². The number of carbonyl (C=O) groups excluding carboxylic acids is 1. The third-order valence-electron chi connectivity index (χ3n) is 2.15. The van der Waals surface area contributed by atoms with E-state index in [-0.39, 0.29) is 5.97 Å². The summed E-state index contributed by atoms with van der Waals surface area (Å²) in [5.41, 5.74) is 1.13. The van der Waals surface area contributed by atoms with Crippen molar-refractivity contribution >= 4 is 5.97 Å². The summed E-state index contributed by atoms with van der Waals surface area (Å²) in [7, 11) is 0. The molecule has 4 heteroatoms. The first-order chi connectivity index (χ1) is 7.84. The Morgan fingerprint density at radius 3 is 2.81 bits per heavy atom. The molecule has 1 heterocycles. The predicted molar refractivity (Wildman–Crippen MR) is 58.6 cm³/mol.